The van der Waals surface area contributed by atoms with Gasteiger partial charge in [-0.2, -0.15) is 0 Å². The van der Waals surface area contributed by atoms with Gasteiger partial charge < -0.3 is 9.13 Å². The van der Waals surface area contributed by atoms with Crippen LogP contribution in [0.25, 0.3) is 77.5 Å². The number of hydrogen-bond acceptors (Lipinski definition) is 2. The van der Waals surface area contributed by atoms with Crippen molar-refractivity contribution in [3.63, 3.8) is 0 Å². The van der Waals surface area contributed by atoms with Crippen molar-refractivity contribution in [1.82, 2.24) is 19.1 Å². The van der Waals surface area contributed by atoms with E-state index in [0.717, 1.165) is 33.9 Å². The van der Waals surface area contributed by atoms with Gasteiger partial charge in [0.25, 0.3) is 0 Å². The van der Waals surface area contributed by atoms with Crippen molar-refractivity contribution in [2.45, 2.75) is 0 Å². The van der Waals surface area contributed by atoms with E-state index in [1.54, 1.807) is 0 Å². The predicted octanol–water partition coefficient (Wildman–Crippen LogP) is 10.0. The van der Waals surface area contributed by atoms with Gasteiger partial charge in [0, 0.05) is 56.4 Å². The predicted molar refractivity (Wildman–Crippen MR) is 182 cm³/mol. The van der Waals surface area contributed by atoms with Crippen LogP contribution in [-0.4, -0.2) is 19.1 Å². The van der Waals surface area contributed by atoms with E-state index in [9.17, 15) is 0 Å². The first-order valence-corrected chi connectivity index (χ1v) is 14.8. The van der Waals surface area contributed by atoms with Crippen molar-refractivity contribution >= 4 is 43.6 Å². The number of benzene rings is 5. The third-order valence-corrected chi connectivity index (χ3v) is 8.60. The Hall–Kier alpha value is -6.00. The molecular formula is C40H26N4. The van der Waals surface area contributed by atoms with Gasteiger partial charge in [0.1, 0.15) is 0 Å². The highest BCUT2D eigenvalue weighted by Crippen LogP contribution is 2.42. The molecular weight excluding hydrogens is 536 g/mol. The molecule has 4 nitrogen and oxygen atoms in total. The van der Waals surface area contributed by atoms with Crippen LogP contribution in [0.2, 0.25) is 0 Å². The third kappa shape index (κ3) is 3.71. The van der Waals surface area contributed by atoms with Gasteiger partial charge in [-0.1, -0.05) is 72.8 Å². The van der Waals surface area contributed by atoms with E-state index in [-0.39, 0.29) is 0 Å². The molecule has 0 aliphatic rings. The first kappa shape index (κ1) is 24.6. The van der Waals surface area contributed by atoms with Crippen LogP contribution < -0.4 is 0 Å². The van der Waals surface area contributed by atoms with Crippen molar-refractivity contribution in [2.24, 2.45) is 0 Å². The lowest BCUT2D eigenvalue weighted by atomic mass is 10.1. The monoisotopic (exact) mass is 562 g/mol. The van der Waals surface area contributed by atoms with Gasteiger partial charge in [-0.15, -0.1) is 0 Å². The molecule has 0 saturated heterocycles. The topological polar surface area (TPSA) is 35.6 Å². The van der Waals surface area contributed by atoms with Crippen LogP contribution >= 0.6 is 0 Å². The maximum Gasteiger partial charge on any atom is 0.0702 e. The van der Waals surface area contributed by atoms with Crippen molar-refractivity contribution in [3.05, 3.63) is 158 Å². The molecule has 0 spiro atoms. The summed E-state index contributed by atoms with van der Waals surface area (Å²) < 4.78 is 4.79. The Labute approximate surface area is 254 Å². The molecule has 0 unspecified atom stereocenters. The summed E-state index contributed by atoms with van der Waals surface area (Å²) in [5.74, 6) is 0. The normalized spacial score (nSPS) is 11.6. The molecule has 0 radical (unpaired) electrons. The number of fused-ring (bicyclic) bond motifs is 7. The molecule has 4 heteroatoms. The van der Waals surface area contributed by atoms with Crippen molar-refractivity contribution in [3.8, 4) is 33.9 Å². The molecule has 0 N–H and O–H groups in total. The van der Waals surface area contributed by atoms with Crippen molar-refractivity contribution in [2.75, 3.05) is 0 Å². The second-order valence-electron chi connectivity index (χ2n) is 11.1. The van der Waals surface area contributed by atoms with E-state index >= 15 is 0 Å². The summed E-state index contributed by atoms with van der Waals surface area (Å²) in [5, 5.41) is 5.00. The fourth-order valence-electron chi connectivity index (χ4n) is 6.75. The quantitative estimate of drug-likeness (QED) is 0.214. The molecule has 9 aromatic rings. The number of aromatic nitrogens is 4. The molecule has 9 rings (SSSR count). The second kappa shape index (κ2) is 9.79. The van der Waals surface area contributed by atoms with Gasteiger partial charge >= 0.3 is 0 Å². The first-order valence-electron chi connectivity index (χ1n) is 14.8. The maximum absolute atomic E-state index is 4.61. The summed E-state index contributed by atoms with van der Waals surface area (Å²) in [4.78, 5) is 9.22. The van der Waals surface area contributed by atoms with Crippen LogP contribution in [0, 0.1) is 0 Å². The molecule has 0 bridgehead atoms. The minimum absolute atomic E-state index is 0.966. The molecule has 4 aromatic heterocycles. The molecule has 4 heterocycles. The minimum atomic E-state index is 0.966. The number of para-hydroxylation sites is 2. The molecule has 0 saturated carbocycles. The molecule has 0 aliphatic heterocycles. The van der Waals surface area contributed by atoms with Gasteiger partial charge in [0.05, 0.1) is 33.5 Å². The van der Waals surface area contributed by atoms with Crippen LogP contribution in [-0.2, 0) is 0 Å². The van der Waals surface area contributed by atoms with Gasteiger partial charge in [0.15, 0.2) is 0 Å². The number of pyridine rings is 2. The summed E-state index contributed by atoms with van der Waals surface area (Å²) in [6.45, 7) is 0. The highest BCUT2D eigenvalue weighted by Gasteiger charge is 2.20. The summed E-state index contributed by atoms with van der Waals surface area (Å²) in [6, 6.07) is 51.5. The van der Waals surface area contributed by atoms with E-state index < -0.39 is 0 Å². The molecule has 44 heavy (non-hydrogen) atoms. The van der Waals surface area contributed by atoms with Gasteiger partial charge in [-0.25, -0.2) is 0 Å². The maximum atomic E-state index is 4.61. The lowest BCUT2D eigenvalue weighted by molar-refractivity contribution is 1.17. The minimum Gasteiger partial charge on any atom is -0.309 e. The van der Waals surface area contributed by atoms with Gasteiger partial charge in [0.2, 0.25) is 0 Å². The van der Waals surface area contributed by atoms with E-state index in [0.29, 0.717) is 0 Å². The summed E-state index contributed by atoms with van der Waals surface area (Å²) >= 11 is 0. The van der Waals surface area contributed by atoms with E-state index in [4.69, 9.17) is 0 Å². The first-order chi connectivity index (χ1) is 21.8. The average Bonchev–Trinajstić information content (AvgIpc) is 3.62. The Bertz CT molecular complexity index is 2310. The van der Waals surface area contributed by atoms with Crippen molar-refractivity contribution < 1.29 is 0 Å². The van der Waals surface area contributed by atoms with Gasteiger partial charge in [-0.3, -0.25) is 9.97 Å². The molecule has 0 amide bonds. The molecule has 0 fully saturated rings. The molecule has 5 aromatic carbocycles. The van der Waals surface area contributed by atoms with E-state index in [1.807, 2.05) is 36.7 Å². The number of nitrogens with zero attached hydrogens (tertiary/aromatic N) is 4. The van der Waals surface area contributed by atoms with Crippen LogP contribution in [0.5, 0.6) is 0 Å². The van der Waals surface area contributed by atoms with Crippen LogP contribution in [0.1, 0.15) is 0 Å². The Morgan fingerprint density at radius 1 is 0.364 bits per heavy atom. The standard InChI is InChI=1S/C40H26N4/c1-3-19-35-31(15-1)39-37(43(35)29-13-9-11-27(25-29)33-17-5-7-23-41-33)21-22-38-40(39)32-16-2-4-20-36(32)44(38)30-14-10-12-28(26-30)34-18-6-8-24-42-34/h1-26H. The van der Waals surface area contributed by atoms with Crippen LogP contribution in [0.4, 0.5) is 0 Å². The zero-order valence-corrected chi connectivity index (χ0v) is 23.8. The smallest absolute Gasteiger partial charge is 0.0702 e. The molecule has 206 valence electrons. The molecule has 0 atom stereocenters. The zero-order chi connectivity index (χ0) is 29.0. The SMILES string of the molecule is c1ccc(-c2cccc(-n3c4ccccc4c4c5c6ccccc6n(-c6cccc(-c7ccccn7)c6)c5ccc43)c2)nc1. The lowest BCUT2D eigenvalue weighted by Gasteiger charge is -2.11. The number of hydrogen-bond donors (Lipinski definition) is 0. The molecule has 0 aliphatic carbocycles. The second-order valence-corrected chi connectivity index (χ2v) is 11.1. The van der Waals surface area contributed by atoms with E-state index in [1.165, 1.54) is 43.6 Å². The fraction of sp³-hybridized carbons (Fsp3) is 0. The third-order valence-electron chi connectivity index (χ3n) is 8.60. The Morgan fingerprint density at radius 2 is 0.818 bits per heavy atom. The Morgan fingerprint density at radius 3 is 1.27 bits per heavy atom. The van der Waals surface area contributed by atoms with Crippen molar-refractivity contribution in [1.29, 1.82) is 0 Å². The summed E-state index contributed by atoms with van der Waals surface area (Å²) in [6.07, 6.45) is 3.70. The summed E-state index contributed by atoms with van der Waals surface area (Å²) in [7, 11) is 0. The highest BCUT2D eigenvalue weighted by molar-refractivity contribution is 6.28. The lowest BCUT2D eigenvalue weighted by Crippen LogP contribution is -1.96. The zero-order valence-electron chi connectivity index (χ0n) is 23.8. The fourth-order valence-corrected chi connectivity index (χ4v) is 6.75. The Balaban J connectivity index is 1.35. The number of rotatable bonds is 4. The van der Waals surface area contributed by atoms with E-state index in [2.05, 4.69) is 140 Å². The van der Waals surface area contributed by atoms with Crippen LogP contribution in [0.15, 0.2) is 158 Å². The highest BCUT2D eigenvalue weighted by atomic mass is 15.0. The largest absolute Gasteiger partial charge is 0.309 e. The summed E-state index contributed by atoms with van der Waals surface area (Å²) in [5.41, 5.74) is 11.1. The average molecular weight is 563 g/mol. The van der Waals surface area contributed by atoms with Gasteiger partial charge in [-0.05, 0) is 72.8 Å². The van der Waals surface area contributed by atoms with Crippen LogP contribution in [0.3, 0.4) is 0 Å². The Kier molecular flexibility index (Phi) is 5.47.